The largest absolute Gasteiger partial charge is 0.452 e. The number of benzene rings is 1. The molecule has 1 aromatic carbocycles. The lowest BCUT2D eigenvalue weighted by atomic mass is 10.1. The molecule has 0 saturated carbocycles. The number of likely N-dealkylation sites (N-methyl/N-ethyl adjacent to an activating group) is 1. The molecule has 96 valence electrons. The highest BCUT2D eigenvalue weighted by atomic mass is 79.9. The fourth-order valence-electron chi connectivity index (χ4n) is 1.18. The van der Waals surface area contributed by atoms with Crippen LogP contribution >= 0.6 is 15.9 Å². The van der Waals surface area contributed by atoms with Gasteiger partial charge in [-0.15, -0.1) is 0 Å². The van der Waals surface area contributed by atoms with E-state index in [2.05, 4.69) is 21.2 Å². The fraction of sp³-hybridized carbons (Fsp3) is 0.231. The first-order valence-corrected chi connectivity index (χ1v) is 6.14. The van der Waals surface area contributed by atoms with Gasteiger partial charge in [-0.2, -0.15) is 0 Å². The van der Waals surface area contributed by atoms with Crippen molar-refractivity contribution < 1.29 is 14.3 Å². The Morgan fingerprint density at radius 1 is 1.44 bits per heavy atom. The first kappa shape index (κ1) is 14.4. The van der Waals surface area contributed by atoms with Crippen LogP contribution < -0.4 is 5.32 Å². The predicted molar refractivity (Wildman–Crippen MR) is 72.9 cm³/mol. The molecule has 18 heavy (non-hydrogen) atoms. The third-order valence-electron chi connectivity index (χ3n) is 2.18. The average molecular weight is 312 g/mol. The van der Waals surface area contributed by atoms with Gasteiger partial charge < -0.3 is 10.1 Å². The Labute approximate surface area is 114 Å². The molecule has 0 spiro atoms. The van der Waals surface area contributed by atoms with Gasteiger partial charge in [0.2, 0.25) is 0 Å². The highest BCUT2D eigenvalue weighted by Crippen LogP contribution is 2.19. The van der Waals surface area contributed by atoms with Crippen LogP contribution in [0.25, 0.3) is 6.08 Å². The molecule has 0 aliphatic heterocycles. The van der Waals surface area contributed by atoms with Crippen molar-refractivity contribution in [3.63, 3.8) is 0 Å². The molecule has 5 heteroatoms. The van der Waals surface area contributed by atoms with E-state index in [9.17, 15) is 9.59 Å². The summed E-state index contributed by atoms with van der Waals surface area (Å²) < 4.78 is 5.63. The van der Waals surface area contributed by atoms with Crippen molar-refractivity contribution in [1.29, 1.82) is 0 Å². The third-order valence-corrected chi connectivity index (χ3v) is 2.87. The van der Waals surface area contributed by atoms with E-state index >= 15 is 0 Å². The molecule has 1 amide bonds. The van der Waals surface area contributed by atoms with Crippen molar-refractivity contribution in [3.05, 3.63) is 39.9 Å². The molecule has 0 saturated heterocycles. The Morgan fingerprint density at radius 2 is 2.17 bits per heavy atom. The van der Waals surface area contributed by atoms with Gasteiger partial charge in [-0.05, 0) is 30.2 Å². The molecule has 1 aromatic rings. The molecule has 0 aromatic heterocycles. The number of ether oxygens (including phenoxy) is 1. The van der Waals surface area contributed by atoms with E-state index in [0.29, 0.717) is 0 Å². The molecule has 0 aliphatic carbocycles. The highest BCUT2D eigenvalue weighted by molar-refractivity contribution is 9.10. The fourth-order valence-corrected chi connectivity index (χ4v) is 1.81. The lowest BCUT2D eigenvalue weighted by molar-refractivity contribution is -0.143. The maximum Gasteiger partial charge on any atom is 0.331 e. The number of carbonyl (C=O) groups is 2. The van der Waals surface area contributed by atoms with Crippen LogP contribution in [0.1, 0.15) is 11.1 Å². The molecule has 0 radical (unpaired) electrons. The SMILES string of the molecule is CNC(=O)COC(=O)/C=C/c1ccc(C)cc1Br. The molecule has 1 N–H and O–H groups in total. The highest BCUT2D eigenvalue weighted by Gasteiger charge is 2.02. The topological polar surface area (TPSA) is 55.4 Å². The van der Waals surface area contributed by atoms with Crippen molar-refractivity contribution in [2.45, 2.75) is 6.92 Å². The van der Waals surface area contributed by atoms with Crippen LogP contribution in [-0.2, 0) is 14.3 Å². The summed E-state index contributed by atoms with van der Waals surface area (Å²) in [5.41, 5.74) is 2.00. The van der Waals surface area contributed by atoms with Crippen LogP contribution in [0.15, 0.2) is 28.7 Å². The number of hydrogen-bond acceptors (Lipinski definition) is 3. The summed E-state index contributed by atoms with van der Waals surface area (Å²) in [6, 6.07) is 5.79. The number of carbonyl (C=O) groups excluding carboxylic acids is 2. The number of hydrogen-bond donors (Lipinski definition) is 1. The molecular weight excluding hydrogens is 298 g/mol. The summed E-state index contributed by atoms with van der Waals surface area (Å²) in [5, 5.41) is 2.36. The summed E-state index contributed by atoms with van der Waals surface area (Å²) in [4.78, 5) is 22.2. The van der Waals surface area contributed by atoms with Crippen LogP contribution in [0.3, 0.4) is 0 Å². The van der Waals surface area contributed by atoms with Crippen LogP contribution in [0.5, 0.6) is 0 Å². The zero-order chi connectivity index (χ0) is 13.5. The molecule has 1 rings (SSSR count). The van der Waals surface area contributed by atoms with Crippen molar-refractivity contribution in [1.82, 2.24) is 5.32 Å². The zero-order valence-electron chi connectivity index (χ0n) is 10.2. The van der Waals surface area contributed by atoms with Gasteiger partial charge in [0.1, 0.15) is 0 Å². The van der Waals surface area contributed by atoms with Gasteiger partial charge in [-0.3, -0.25) is 4.79 Å². The van der Waals surface area contributed by atoms with Crippen LogP contribution in [-0.4, -0.2) is 25.5 Å². The number of rotatable bonds is 4. The molecular formula is C13H14BrNO3. The summed E-state index contributed by atoms with van der Waals surface area (Å²) >= 11 is 3.40. The minimum Gasteiger partial charge on any atom is -0.452 e. The molecule has 0 fully saturated rings. The Hall–Kier alpha value is -1.62. The lowest BCUT2D eigenvalue weighted by Gasteiger charge is -2.01. The summed E-state index contributed by atoms with van der Waals surface area (Å²) in [6.07, 6.45) is 2.92. The number of amides is 1. The van der Waals surface area contributed by atoms with Crippen LogP contribution in [0.4, 0.5) is 0 Å². The van der Waals surface area contributed by atoms with Gasteiger partial charge in [0.25, 0.3) is 5.91 Å². The summed E-state index contributed by atoms with van der Waals surface area (Å²) in [5.74, 6) is -0.889. The summed E-state index contributed by atoms with van der Waals surface area (Å²) in [6.45, 7) is 1.71. The second kappa shape index (κ2) is 6.96. The van der Waals surface area contributed by atoms with E-state index < -0.39 is 5.97 Å². The van der Waals surface area contributed by atoms with E-state index in [1.807, 2.05) is 25.1 Å². The van der Waals surface area contributed by atoms with Crippen molar-refractivity contribution in [3.8, 4) is 0 Å². The van der Waals surface area contributed by atoms with Gasteiger partial charge in [0.15, 0.2) is 6.61 Å². The second-order valence-corrected chi connectivity index (χ2v) is 4.49. The normalized spacial score (nSPS) is 10.4. The van der Waals surface area contributed by atoms with Gasteiger partial charge >= 0.3 is 5.97 Å². The van der Waals surface area contributed by atoms with Crippen molar-refractivity contribution in [2.24, 2.45) is 0 Å². The molecule has 0 heterocycles. The second-order valence-electron chi connectivity index (χ2n) is 3.64. The molecule has 4 nitrogen and oxygen atoms in total. The lowest BCUT2D eigenvalue weighted by Crippen LogP contribution is -2.24. The van der Waals surface area contributed by atoms with Crippen molar-refractivity contribution >= 4 is 33.9 Å². The van der Waals surface area contributed by atoms with E-state index in [0.717, 1.165) is 15.6 Å². The van der Waals surface area contributed by atoms with Crippen LogP contribution in [0, 0.1) is 6.92 Å². The maximum atomic E-state index is 11.3. The van der Waals surface area contributed by atoms with Gasteiger partial charge in [-0.25, -0.2) is 4.79 Å². The van der Waals surface area contributed by atoms with Gasteiger partial charge in [0.05, 0.1) is 0 Å². The smallest absolute Gasteiger partial charge is 0.331 e. The zero-order valence-corrected chi connectivity index (χ0v) is 11.8. The minimum atomic E-state index is -0.550. The first-order valence-electron chi connectivity index (χ1n) is 5.34. The number of nitrogens with one attached hydrogen (secondary N) is 1. The standard InChI is InChI=1S/C13H14BrNO3/c1-9-3-4-10(11(14)7-9)5-6-13(17)18-8-12(16)15-2/h3-7H,8H2,1-2H3,(H,15,16)/b6-5+. The maximum absolute atomic E-state index is 11.3. The molecule has 0 atom stereocenters. The molecule has 0 bridgehead atoms. The van der Waals surface area contributed by atoms with E-state index in [-0.39, 0.29) is 12.5 Å². The van der Waals surface area contributed by atoms with Gasteiger partial charge in [0, 0.05) is 17.6 Å². The molecule has 0 aliphatic rings. The first-order chi connectivity index (χ1) is 8.52. The third kappa shape index (κ3) is 4.71. The van der Waals surface area contributed by atoms with Crippen molar-refractivity contribution in [2.75, 3.05) is 13.7 Å². The Balaban J connectivity index is 2.58. The minimum absolute atomic E-state index is 0.269. The number of aryl methyl sites for hydroxylation is 1. The predicted octanol–water partition coefficient (Wildman–Crippen LogP) is 2.06. The van der Waals surface area contributed by atoms with E-state index in [1.54, 1.807) is 6.08 Å². The average Bonchev–Trinajstić information content (AvgIpc) is 2.34. The monoisotopic (exact) mass is 311 g/mol. The Bertz CT molecular complexity index is 483. The number of halogens is 1. The number of esters is 1. The van der Waals surface area contributed by atoms with Crippen LogP contribution in [0.2, 0.25) is 0 Å². The Kier molecular flexibility index (Phi) is 5.58. The Morgan fingerprint density at radius 3 is 2.78 bits per heavy atom. The quantitative estimate of drug-likeness (QED) is 0.684. The summed E-state index contributed by atoms with van der Waals surface area (Å²) in [7, 11) is 1.48. The van der Waals surface area contributed by atoms with E-state index in [1.165, 1.54) is 13.1 Å². The van der Waals surface area contributed by atoms with Gasteiger partial charge in [-0.1, -0.05) is 28.1 Å². The van der Waals surface area contributed by atoms with E-state index in [4.69, 9.17) is 4.74 Å². The molecule has 0 unspecified atom stereocenters.